The molecule has 3 aromatic rings. The monoisotopic (exact) mass is 420 g/mol. The summed E-state index contributed by atoms with van der Waals surface area (Å²) < 4.78 is 12.8. The SMILES string of the molecule is COc1ccc(C2CCCN2C(=O)Nc2cccc(-n3nc(C)cc3C)c2)c(OC)c1. The zero-order valence-electron chi connectivity index (χ0n) is 18.4. The first-order valence-electron chi connectivity index (χ1n) is 10.4. The molecule has 0 radical (unpaired) electrons. The molecule has 4 rings (SSSR count). The summed E-state index contributed by atoms with van der Waals surface area (Å²) in [6.45, 7) is 4.68. The highest BCUT2D eigenvalue weighted by molar-refractivity contribution is 5.90. The van der Waals surface area contributed by atoms with Crippen LogP contribution in [0.25, 0.3) is 5.69 Å². The molecular formula is C24H28N4O3. The topological polar surface area (TPSA) is 68.6 Å². The van der Waals surface area contributed by atoms with E-state index in [0.717, 1.165) is 52.7 Å². The average Bonchev–Trinajstić information content (AvgIpc) is 3.39. The zero-order valence-corrected chi connectivity index (χ0v) is 18.4. The van der Waals surface area contributed by atoms with E-state index in [0.29, 0.717) is 6.54 Å². The second-order valence-electron chi connectivity index (χ2n) is 7.78. The van der Waals surface area contributed by atoms with Gasteiger partial charge in [-0.15, -0.1) is 0 Å². The second-order valence-corrected chi connectivity index (χ2v) is 7.78. The van der Waals surface area contributed by atoms with Crippen LogP contribution in [-0.4, -0.2) is 41.5 Å². The van der Waals surface area contributed by atoms with Gasteiger partial charge in [0.25, 0.3) is 0 Å². The van der Waals surface area contributed by atoms with Gasteiger partial charge in [-0.1, -0.05) is 6.07 Å². The van der Waals surface area contributed by atoms with E-state index in [1.165, 1.54) is 0 Å². The highest BCUT2D eigenvalue weighted by Gasteiger charge is 2.32. The standard InChI is InChI=1S/C24H28N4O3/c1-16-13-17(2)28(26-16)19-8-5-7-18(14-19)25-24(29)27-12-6-9-22(27)21-11-10-20(30-3)15-23(21)31-4/h5,7-8,10-11,13-15,22H,6,9,12H2,1-4H3,(H,25,29). The molecular weight excluding hydrogens is 392 g/mol. The number of likely N-dealkylation sites (tertiary alicyclic amines) is 1. The molecule has 1 unspecified atom stereocenters. The Labute approximate surface area is 182 Å². The fourth-order valence-electron chi connectivity index (χ4n) is 4.23. The number of methoxy groups -OCH3 is 2. The number of carbonyl (C=O) groups excluding carboxylic acids is 1. The predicted octanol–water partition coefficient (Wildman–Crippen LogP) is 4.88. The molecule has 1 aromatic heterocycles. The van der Waals surface area contributed by atoms with Crippen molar-refractivity contribution in [2.75, 3.05) is 26.1 Å². The van der Waals surface area contributed by atoms with Gasteiger partial charge in [0.1, 0.15) is 11.5 Å². The quantitative estimate of drug-likeness (QED) is 0.639. The summed E-state index contributed by atoms with van der Waals surface area (Å²) in [5.41, 5.74) is 4.65. The third-order valence-corrected chi connectivity index (χ3v) is 5.66. The molecule has 0 bridgehead atoms. The Bertz CT molecular complexity index is 1090. The van der Waals surface area contributed by atoms with Gasteiger partial charge in [0.15, 0.2) is 0 Å². The van der Waals surface area contributed by atoms with Crippen LogP contribution in [0.3, 0.4) is 0 Å². The van der Waals surface area contributed by atoms with Gasteiger partial charge < -0.3 is 19.7 Å². The minimum absolute atomic E-state index is 0.0416. The third-order valence-electron chi connectivity index (χ3n) is 5.66. The maximum atomic E-state index is 13.2. The molecule has 2 aromatic carbocycles. The number of nitrogens with zero attached hydrogens (tertiary/aromatic N) is 3. The van der Waals surface area contributed by atoms with Gasteiger partial charge in [-0.2, -0.15) is 5.10 Å². The summed E-state index contributed by atoms with van der Waals surface area (Å²) in [5.74, 6) is 1.46. The molecule has 1 fully saturated rings. The van der Waals surface area contributed by atoms with Crippen molar-refractivity contribution < 1.29 is 14.3 Å². The van der Waals surface area contributed by atoms with Crippen LogP contribution in [0.4, 0.5) is 10.5 Å². The van der Waals surface area contributed by atoms with Crippen LogP contribution in [0.2, 0.25) is 0 Å². The molecule has 0 spiro atoms. The number of aromatic nitrogens is 2. The fourth-order valence-corrected chi connectivity index (χ4v) is 4.23. The van der Waals surface area contributed by atoms with E-state index in [1.807, 2.05) is 72.0 Å². The molecule has 2 amide bonds. The highest BCUT2D eigenvalue weighted by atomic mass is 16.5. The molecule has 1 atom stereocenters. The molecule has 7 nitrogen and oxygen atoms in total. The Morgan fingerprint density at radius 1 is 1.10 bits per heavy atom. The Morgan fingerprint density at radius 2 is 1.94 bits per heavy atom. The van der Waals surface area contributed by atoms with Crippen molar-refractivity contribution in [3.05, 3.63) is 65.5 Å². The summed E-state index contributed by atoms with van der Waals surface area (Å²) in [6.07, 6.45) is 1.83. The number of benzene rings is 2. The van der Waals surface area contributed by atoms with Crippen molar-refractivity contribution >= 4 is 11.7 Å². The Kier molecular flexibility index (Phi) is 5.84. The van der Waals surface area contributed by atoms with Gasteiger partial charge in [-0.05, 0) is 63.1 Å². The van der Waals surface area contributed by atoms with E-state index in [-0.39, 0.29) is 12.1 Å². The minimum atomic E-state index is -0.120. The van der Waals surface area contributed by atoms with Gasteiger partial charge in [-0.25, -0.2) is 9.48 Å². The van der Waals surface area contributed by atoms with Crippen molar-refractivity contribution in [3.8, 4) is 17.2 Å². The first-order chi connectivity index (χ1) is 15.0. The zero-order chi connectivity index (χ0) is 22.0. The third kappa shape index (κ3) is 4.21. The number of ether oxygens (including phenoxy) is 2. The van der Waals surface area contributed by atoms with Crippen molar-refractivity contribution in [1.82, 2.24) is 14.7 Å². The van der Waals surface area contributed by atoms with Crippen LogP contribution < -0.4 is 14.8 Å². The Balaban J connectivity index is 1.55. The molecule has 31 heavy (non-hydrogen) atoms. The minimum Gasteiger partial charge on any atom is -0.497 e. The lowest BCUT2D eigenvalue weighted by Gasteiger charge is -2.27. The van der Waals surface area contributed by atoms with E-state index in [9.17, 15) is 4.79 Å². The van der Waals surface area contributed by atoms with Crippen molar-refractivity contribution in [3.63, 3.8) is 0 Å². The van der Waals surface area contributed by atoms with Gasteiger partial charge >= 0.3 is 6.03 Å². The van der Waals surface area contributed by atoms with E-state index in [2.05, 4.69) is 10.4 Å². The first kappa shape index (κ1) is 20.8. The number of hydrogen-bond acceptors (Lipinski definition) is 4. The lowest BCUT2D eigenvalue weighted by molar-refractivity contribution is 0.206. The molecule has 1 aliphatic heterocycles. The van der Waals surface area contributed by atoms with Gasteiger partial charge in [0.05, 0.1) is 31.6 Å². The van der Waals surface area contributed by atoms with E-state index < -0.39 is 0 Å². The predicted molar refractivity (Wildman–Crippen MR) is 120 cm³/mol. The normalized spacial score (nSPS) is 15.7. The number of amides is 2. The average molecular weight is 421 g/mol. The summed E-state index contributed by atoms with van der Waals surface area (Å²) in [6, 6.07) is 15.4. The number of nitrogens with one attached hydrogen (secondary N) is 1. The largest absolute Gasteiger partial charge is 0.497 e. The molecule has 162 valence electrons. The molecule has 2 heterocycles. The van der Waals surface area contributed by atoms with E-state index in [1.54, 1.807) is 14.2 Å². The Hall–Kier alpha value is -3.48. The van der Waals surface area contributed by atoms with Gasteiger partial charge in [0, 0.05) is 29.6 Å². The maximum absolute atomic E-state index is 13.2. The first-order valence-corrected chi connectivity index (χ1v) is 10.4. The number of aryl methyl sites for hydroxylation is 2. The fraction of sp³-hybridized carbons (Fsp3) is 0.333. The maximum Gasteiger partial charge on any atom is 0.322 e. The smallest absolute Gasteiger partial charge is 0.322 e. The Morgan fingerprint density at radius 3 is 2.65 bits per heavy atom. The lowest BCUT2D eigenvalue weighted by atomic mass is 10.0. The van der Waals surface area contributed by atoms with Crippen LogP contribution in [0.15, 0.2) is 48.5 Å². The molecule has 0 aliphatic carbocycles. The van der Waals surface area contributed by atoms with E-state index in [4.69, 9.17) is 9.47 Å². The van der Waals surface area contributed by atoms with Gasteiger partial charge in [-0.3, -0.25) is 0 Å². The number of rotatable bonds is 5. The van der Waals surface area contributed by atoms with Gasteiger partial charge in [0.2, 0.25) is 0 Å². The molecule has 1 aliphatic rings. The number of urea groups is 1. The lowest BCUT2D eigenvalue weighted by Crippen LogP contribution is -2.34. The molecule has 1 N–H and O–H groups in total. The summed E-state index contributed by atoms with van der Waals surface area (Å²) in [7, 11) is 3.27. The number of anilines is 1. The van der Waals surface area contributed by atoms with Crippen LogP contribution in [-0.2, 0) is 0 Å². The van der Waals surface area contributed by atoms with Crippen LogP contribution in [0.1, 0.15) is 35.8 Å². The number of carbonyl (C=O) groups is 1. The van der Waals surface area contributed by atoms with Crippen LogP contribution in [0.5, 0.6) is 11.5 Å². The molecule has 7 heteroatoms. The molecule has 1 saturated heterocycles. The van der Waals surface area contributed by atoms with E-state index >= 15 is 0 Å². The van der Waals surface area contributed by atoms with Crippen molar-refractivity contribution in [2.24, 2.45) is 0 Å². The highest BCUT2D eigenvalue weighted by Crippen LogP contribution is 2.39. The second kappa shape index (κ2) is 8.71. The summed E-state index contributed by atoms with van der Waals surface area (Å²) >= 11 is 0. The number of hydrogen-bond donors (Lipinski definition) is 1. The molecule has 0 saturated carbocycles. The van der Waals surface area contributed by atoms with Crippen LogP contribution in [0, 0.1) is 13.8 Å². The summed E-state index contributed by atoms with van der Waals surface area (Å²) in [5, 5.41) is 7.59. The van der Waals surface area contributed by atoms with Crippen LogP contribution >= 0.6 is 0 Å². The van der Waals surface area contributed by atoms with Crippen molar-refractivity contribution in [1.29, 1.82) is 0 Å². The summed E-state index contributed by atoms with van der Waals surface area (Å²) in [4.78, 5) is 15.0. The van der Waals surface area contributed by atoms with Crippen molar-refractivity contribution in [2.45, 2.75) is 32.7 Å².